The number of benzene rings is 1. The molecule has 3 rings (SSSR count). The molecule has 1 N–H and O–H groups in total. The topological polar surface area (TPSA) is 51.1 Å². The predicted molar refractivity (Wildman–Crippen MR) is 86.1 cm³/mol. The molecule has 0 bridgehead atoms. The van der Waals surface area contributed by atoms with Crippen molar-refractivity contribution in [2.75, 3.05) is 0 Å². The molecule has 1 fully saturated rings. The molecule has 1 saturated heterocycles. The number of nitrogens with zero attached hydrogens (tertiary/aromatic N) is 1. The summed E-state index contributed by atoms with van der Waals surface area (Å²) in [6.45, 7) is 8.00. The van der Waals surface area contributed by atoms with Gasteiger partial charge < -0.3 is 4.57 Å². The first-order valence-electron chi connectivity index (χ1n) is 7.65. The van der Waals surface area contributed by atoms with Crippen LogP contribution in [0.5, 0.6) is 0 Å². The fourth-order valence-corrected chi connectivity index (χ4v) is 2.32. The Hall–Kier alpha value is -2.10. The van der Waals surface area contributed by atoms with Crippen LogP contribution in [-0.2, 0) is 9.59 Å². The average Bonchev–Trinajstić information content (AvgIpc) is 2.95. The Labute approximate surface area is 126 Å². The van der Waals surface area contributed by atoms with Gasteiger partial charge in [-0.15, -0.1) is 0 Å². The molecule has 1 atom stereocenters. The van der Waals surface area contributed by atoms with E-state index in [0.717, 1.165) is 10.9 Å². The standard InChI is InChI=1S/C13H12N2O2.2C2H6/c16-12-6-5-11(13(17)14-12)15-8-7-9-3-1-2-4-10(9)15;2*1-2/h1-4,7-8,11H,5-6H2,(H,14,16,17);2*1-2H3. The number of carbonyl (C=O) groups is 2. The Morgan fingerprint density at radius 1 is 1.05 bits per heavy atom. The summed E-state index contributed by atoms with van der Waals surface area (Å²) in [5.74, 6) is -0.384. The average molecular weight is 288 g/mol. The van der Waals surface area contributed by atoms with Crippen molar-refractivity contribution in [1.82, 2.24) is 9.88 Å². The van der Waals surface area contributed by atoms with Gasteiger partial charge in [0.05, 0.1) is 0 Å². The quantitative estimate of drug-likeness (QED) is 0.814. The van der Waals surface area contributed by atoms with Crippen LogP contribution in [0, 0.1) is 0 Å². The lowest BCUT2D eigenvalue weighted by molar-refractivity contribution is -0.135. The van der Waals surface area contributed by atoms with E-state index in [1.165, 1.54) is 0 Å². The summed E-state index contributed by atoms with van der Waals surface area (Å²) in [6, 6.07) is 9.63. The molecule has 1 aromatic heterocycles. The van der Waals surface area contributed by atoms with Crippen LogP contribution in [0.4, 0.5) is 0 Å². The van der Waals surface area contributed by atoms with Gasteiger partial charge in [0.1, 0.15) is 6.04 Å². The summed E-state index contributed by atoms with van der Waals surface area (Å²) in [7, 11) is 0. The molecule has 114 valence electrons. The highest BCUT2D eigenvalue weighted by atomic mass is 16.2. The minimum atomic E-state index is -0.271. The summed E-state index contributed by atoms with van der Waals surface area (Å²) < 4.78 is 1.94. The molecule has 0 aliphatic carbocycles. The summed E-state index contributed by atoms with van der Waals surface area (Å²) in [5.41, 5.74) is 1.03. The lowest BCUT2D eigenvalue weighted by Crippen LogP contribution is -2.41. The van der Waals surface area contributed by atoms with Crippen LogP contribution in [0.1, 0.15) is 46.6 Å². The second kappa shape index (κ2) is 8.25. The van der Waals surface area contributed by atoms with E-state index in [0.29, 0.717) is 12.8 Å². The highest BCUT2D eigenvalue weighted by molar-refractivity contribution is 6.00. The van der Waals surface area contributed by atoms with Gasteiger partial charge in [0.15, 0.2) is 0 Å². The molecule has 0 saturated carbocycles. The van der Waals surface area contributed by atoms with E-state index < -0.39 is 0 Å². The van der Waals surface area contributed by atoms with E-state index in [9.17, 15) is 9.59 Å². The molecular weight excluding hydrogens is 264 g/mol. The van der Waals surface area contributed by atoms with Crippen LogP contribution in [0.15, 0.2) is 36.5 Å². The number of hydrogen-bond acceptors (Lipinski definition) is 2. The van der Waals surface area contributed by atoms with Gasteiger partial charge in [-0.25, -0.2) is 0 Å². The van der Waals surface area contributed by atoms with Crippen molar-refractivity contribution in [3.05, 3.63) is 36.5 Å². The second-order valence-corrected chi connectivity index (χ2v) is 4.25. The summed E-state index contributed by atoms with van der Waals surface area (Å²) in [5, 5.41) is 3.49. The number of para-hydroxylation sites is 1. The van der Waals surface area contributed by atoms with Gasteiger partial charge in [0.25, 0.3) is 0 Å². The van der Waals surface area contributed by atoms with E-state index in [2.05, 4.69) is 5.32 Å². The van der Waals surface area contributed by atoms with Crippen LogP contribution in [0.25, 0.3) is 10.9 Å². The van der Waals surface area contributed by atoms with E-state index in [4.69, 9.17) is 0 Å². The van der Waals surface area contributed by atoms with E-state index >= 15 is 0 Å². The van der Waals surface area contributed by atoms with Gasteiger partial charge in [-0.05, 0) is 23.9 Å². The van der Waals surface area contributed by atoms with Crippen molar-refractivity contribution in [2.24, 2.45) is 0 Å². The van der Waals surface area contributed by atoms with Gasteiger partial charge in [-0.3, -0.25) is 14.9 Å². The first kappa shape index (κ1) is 17.0. The Balaban J connectivity index is 0.000000510. The Bertz CT molecular complexity index is 602. The summed E-state index contributed by atoms with van der Waals surface area (Å²) >= 11 is 0. The van der Waals surface area contributed by atoms with E-state index in [-0.39, 0.29) is 17.9 Å². The third-order valence-electron chi connectivity index (χ3n) is 3.18. The number of nitrogens with one attached hydrogen (secondary N) is 1. The highest BCUT2D eigenvalue weighted by Crippen LogP contribution is 2.25. The predicted octanol–water partition coefficient (Wildman–Crippen LogP) is 3.67. The van der Waals surface area contributed by atoms with Crippen LogP contribution in [-0.4, -0.2) is 16.4 Å². The number of amides is 2. The molecule has 21 heavy (non-hydrogen) atoms. The molecule has 1 aliphatic heterocycles. The molecule has 4 nitrogen and oxygen atoms in total. The molecule has 1 aromatic carbocycles. The number of imide groups is 1. The Morgan fingerprint density at radius 3 is 2.38 bits per heavy atom. The highest BCUT2D eigenvalue weighted by Gasteiger charge is 2.28. The zero-order valence-electron chi connectivity index (χ0n) is 13.2. The fourth-order valence-electron chi connectivity index (χ4n) is 2.32. The van der Waals surface area contributed by atoms with Crippen molar-refractivity contribution in [3.63, 3.8) is 0 Å². The van der Waals surface area contributed by atoms with E-state index in [1.54, 1.807) is 0 Å². The molecular formula is C17H24N2O2. The van der Waals surface area contributed by atoms with Crippen LogP contribution in [0.3, 0.4) is 0 Å². The summed E-state index contributed by atoms with van der Waals surface area (Å²) in [6.07, 6.45) is 2.89. The minimum absolute atomic E-state index is 0.178. The molecule has 0 radical (unpaired) electrons. The molecule has 1 unspecified atom stereocenters. The van der Waals surface area contributed by atoms with Gasteiger partial charge in [-0.1, -0.05) is 45.9 Å². The van der Waals surface area contributed by atoms with Crippen molar-refractivity contribution < 1.29 is 9.59 Å². The van der Waals surface area contributed by atoms with Crippen molar-refractivity contribution in [1.29, 1.82) is 0 Å². The fraction of sp³-hybridized carbons (Fsp3) is 0.412. The second-order valence-electron chi connectivity index (χ2n) is 4.25. The number of hydrogen-bond donors (Lipinski definition) is 1. The van der Waals surface area contributed by atoms with Crippen LogP contribution < -0.4 is 5.32 Å². The molecule has 2 amide bonds. The van der Waals surface area contributed by atoms with Gasteiger partial charge in [0.2, 0.25) is 11.8 Å². The van der Waals surface area contributed by atoms with Gasteiger partial charge >= 0.3 is 0 Å². The number of rotatable bonds is 1. The maximum atomic E-state index is 11.8. The van der Waals surface area contributed by atoms with Crippen molar-refractivity contribution in [3.8, 4) is 0 Å². The lowest BCUT2D eigenvalue weighted by atomic mass is 10.1. The van der Waals surface area contributed by atoms with E-state index in [1.807, 2.05) is 68.8 Å². The Morgan fingerprint density at radius 2 is 1.71 bits per heavy atom. The summed E-state index contributed by atoms with van der Waals surface area (Å²) in [4.78, 5) is 22.9. The van der Waals surface area contributed by atoms with Gasteiger partial charge in [0, 0.05) is 18.1 Å². The van der Waals surface area contributed by atoms with Crippen molar-refractivity contribution >= 4 is 22.7 Å². The van der Waals surface area contributed by atoms with Crippen LogP contribution in [0.2, 0.25) is 0 Å². The normalized spacial score (nSPS) is 17.2. The minimum Gasteiger partial charge on any atom is -0.335 e. The molecule has 2 aromatic rings. The first-order valence-corrected chi connectivity index (χ1v) is 7.65. The number of piperidine rings is 1. The zero-order valence-corrected chi connectivity index (χ0v) is 13.2. The number of fused-ring (bicyclic) bond motifs is 1. The monoisotopic (exact) mass is 288 g/mol. The van der Waals surface area contributed by atoms with Crippen molar-refractivity contribution in [2.45, 2.75) is 46.6 Å². The largest absolute Gasteiger partial charge is 0.335 e. The molecule has 0 spiro atoms. The third kappa shape index (κ3) is 3.72. The van der Waals surface area contributed by atoms with Crippen LogP contribution >= 0.6 is 0 Å². The Kier molecular flexibility index (Phi) is 6.66. The smallest absolute Gasteiger partial charge is 0.249 e. The first-order chi connectivity index (χ1) is 10.3. The third-order valence-corrected chi connectivity index (χ3v) is 3.18. The maximum absolute atomic E-state index is 11.8. The molecule has 1 aliphatic rings. The number of carbonyl (C=O) groups excluding carboxylic acids is 2. The zero-order chi connectivity index (χ0) is 15.8. The SMILES string of the molecule is CC.CC.O=C1CCC(n2ccc3ccccc32)C(=O)N1. The number of aromatic nitrogens is 1. The van der Waals surface area contributed by atoms with Gasteiger partial charge in [-0.2, -0.15) is 0 Å². The molecule has 2 heterocycles. The maximum Gasteiger partial charge on any atom is 0.249 e. The lowest BCUT2D eigenvalue weighted by Gasteiger charge is -2.23. The molecule has 4 heteroatoms.